The molecule has 0 unspecified atom stereocenters. The quantitative estimate of drug-likeness (QED) is 0.309. The highest BCUT2D eigenvalue weighted by Crippen LogP contribution is 2.50. The van der Waals surface area contributed by atoms with Gasteiger partial charge in [-0.1, -0.05) is 89.7 Å². The average molecular weight is 470 g/mol. The largest absolute Gasteiger partial charge is 0.353 e. The highest BCUT2D eigenvalue weighted by atomic mass is 35.5. The second kappa shape index (κ2) is 10.3. The van der Waals surface area contributed by atoms with Gasteiger partial charge in [-0.25, -0.2) is 0 Å². The summed E-state index contributed by atoms with van der Waals surface area (Å²) in [6.45, 7) is 0. The number of para-hydroxylation sites is 1. The third-order valence-corrected chi connectivity index (χ3v) is 7.40. The maximum atomic E-state index is 9.99. The van der Waals surface area contributed by atoms with Crippen LogP contribution in [-0.2, 0) is 0 Å². The minimum Gasteiger partial charge on any atom is -0.353 e. The average Bonchev–Trinajstić information content (AvgIpc) is 2.84. The molecule has 0 fully saturated rings. The normalized spacial score (nSPS) is 10.2. The first-order valence-corrected chi connectivity index (χ1v) is 11.7. The number of nitrogens with zero attached hydrogens (tertiary/aromatic N) is 2. The van der Waals surface area contributed by atoms with E-state index in [-0.39, 0.29) is 16.1 Å². The molecule has 0 aromatic heterocycles. The Morgan fingerprint density at radius 2 is 1.09 bits per heavy atom. The zero-order valence-electron chi connectivity index (χ0n) is 16.7. The summed E-state index contributed by atoms with van der Waals surface area (Å²) in [6.07, 6.45) is 0. The van der Waals surface area contributed by atoms with Gasteiger partial charge in [0.15, 0.2) is 0 Å². The van der Waals surface area contributed by atoms with E-state index in [9.17, 15) is 10.5 Å². The summed E-state index contributed by atoms with van der Waals surface area (Å²) in [4.78, 5) is 3.53. The molecule has 0 heterocycles. The van der Waals surface area contributed by atoms with Crippen LogP contribution in [0.1, 0.15) is 11.1 Å². The number of benzene rings is 4. The predicted molar refractivity (Wildman–Crippen MR) is 132 cm³/mol. The smallest absolute Gasteiger partial charge is 0.103 e. The Morgan fingerprint density at radius 3 is 1.59 bits per heavy atom. The minimum atomic E-state index is 0.170. The molecular formula is C26H16ClN3S2. The molecule has 4 aromatic rings. The lowest BCUT2D eigenvalue weighted by molar-refractivity contribution is 1.20. The fourth-order valence-electron chi connectivity index (χ4n) is 3.08. The lowest BCUT2D eigenvalue weighted by Crippen LogP contribution is -2.02. The topological polar surface area (TPSA) is 59.6 Å². The first-order valence-electron chi connectivity index (χ1n) is 9.68. The lowest BCUT2D eigenvalue weighted by Gasteiger charge is -2.20. The highest BCUT2D eigenvalue weighted by Gasteiger charge is 2.25. The van der Waals surface area contributed by atoms with Crippen LogP contribution in [0.15, 0.2) is 111 Å². The Kier molecular flexibility index (Phi) is 7.04. The number of nitrogens with one attached hydrogen (secondary N) is 1. The van der Waals surface area contributed by atoms with Crippen molar-refractivity contribution in [2.75, 3.05) is 5.32 Å². The summed E-state index contributed by atoms with van der Waals surface area (Å²) in [5, 5.41) is 23.5. The van der Waals surface area contributed by atoms with Gasteiger partial charge in [0, 0.05) is 20.4 Å². The zero-order valence-corrected chi connectivity index (χ0v) is 19.1. The molecule has 154 valence electrons. The Hall–Kier alpha value is -3.35. The van der Waals surface area contributed by atoms with E-state index in [4.69, 9.17) is 11.6 Å². The van der Waals surface area contributed by atoms with Gasteiger partial charge in [0.25, 0.3) is 0 Å². The van der Waals surface area contributed by atoms with Gasteiger partial charge in [-0.3, -0.25) is 0 Å². The predicted octanol–water partition coefficient (Wildman–Crippen LogP) is 8.13. The maximum absolute atomic E-state index is 9.99. The summed E-state index contributed by atoms with van der Waals surface area (Å²) in [6, 6.07) is 33.7. The van der Waals surface area contributed by atoms with Gasteiger partial charge in [0.1, 0.15) is 12.1 Å². The third-order valence-electron chi connectivity index (χ3n) is 4.55. The summed E-state index contributed by atoms with van der Waals surface area (Å²) >= 11 is 9.75. The van der Waals surface area contributed by atoms with Crippen molar-refractivity contribution < 1.29 is 0 Å². The SMILES string of the molecule is N#Cc1c(Cl)c(Sc2ccccc2)c(Sc2ccccc2)c(Nc2ccccc2)c1C#N. The van der Waals surface area contributed by atoms with E-state index in [1.165, 1.54) is 23.5 Å². The van der Waals surface area contributed by atoms with Crippen LogP contribution < -0.4 is 5.32 Å². The molecule has 0 saturated heterocycles. The number of rotatable bonds is 6. The Labute approximate surface area is 200 Å². The zero-order chi connectivity index (χ0) is 22.3. The molecule has 0 radical (unpaired) electrons. The van der Waals surface area contributed by atoms with E-state index in [0.717, 1.165) is 25.3 Å². The number of nitriles is 2. The fourth-order valence-corrected chi connectivity index (χ4v) is 5.63. The molecule has 6 heteroatoms. The number of halogens is 1. The first kappa shape index (κ1) is 21.9. The molecule has 0 atom stereocenters. The van der Waals surface area contributed by atoms with Crippen LogP contribution in [0.2, 0.25) is 5.02 Å². The van der Waals surface area contributed by atoms with Gasteiger partial charge in [-0.05, 0) is 36.4 Å². The standard InChI is InChI=1S/C26H16ClN3S2/c27-23-21(16-28)22(17-29)24(30-18-10-4-1-5-11-18)26(32-20-14-8-3-9-15-20)25(23)31-19-12-6-2-7-13-19/h1-15,30H. The van der Waals surface area contributed by atoms with Crippen molar-refractivity contribution in [1.29, 1.82) is 10.5 Å². The van der Waals surface area contributed by atoms with Crippen molar-refractivity contribution >= 4 is 46.5 Å². The maximum Gasteiger partial charge on any atom is 0.103 e. The van der Waals surface area contributed by atoms with Crippen LogP contribution >= 0.6 is 35.1 Å². The number of hydrogen-bond donors (Lipinski definition) is 1. The monoisotopic (exact) mass is 469 g/mol. The van der Waals surface area contributed by atoms with Crippen molar-refractivity contribution in [1.82, 2.24) is 0 Å². The number of anilines is 2. The Bertz CT molecular complexity index is 1310. The molecular weight excluding hydrogens is 454 g/mol. The van der Waals surface area contributed by atoms with E-state index in [0.29, 0.717) is 5.69 Å². The van der Waals surface area contributed by atoms with Crippen LogP contribution in [0.25, 0.3) is 0 Å². The lowest BCUT2D eigenvalue weighted by atomic mass is 10.1. The van der Waals surface area contributed by atoms with Crippen molar-refractivity contribution in [3.05, 3.63) is 107 Å². The van der Waals surface area contributed by atoms with E-state index in [1.54, 1.807) is 0 Å². The number of hydrogen-bond acceptors (Lipinski definition) is 5. The van der Waals surface area contributed by atoms with Gasteiger partial charge in [-0.15, -0.1) is 0 Å². The van der Waals surface area contributed by atoms with E-state index in [1.807, 2.05) is 91.0 Å². The summed E-state index contributed by atoms with van der Waals surface area (Å²) in [5.41, 5.74) is 1.80. The first-order chi connectivity index (χ1) is 15.7. The van der Waals surface area contributed by atoms with Gasteiger partial charge in [0.2, 0.25) is 0 Å². The molecule has 1 N–H and O–H groups in total. The molecule has 0 amide bonds. The van der Waals surface area contributed by atoms with Crippen molar-refractivity contribution in [3.8, 4) is 12.1 Å². The Morgan fingerprint density at radius 1 is 0.625 bits per heavy atom. The van der Waals surface area contributed by atoms with E-state index >= 15 is 0 Å². The van der Waals surface area contributed by atoms with Crippen LogP contribution in [-0.4, -0.2) is 0 Å². The van der Waals surface area contributed by atoms with Crippen LogP contribution in [0.4, 0.5) is 11.4 Å². The minimum absolute atomic E-state index is 0.170. The van der Waals surface area contributed by atoms with Gasteiger partial charge >= 0.3 is 0 Å². The molecule has 4 aromatic carbocycles. The van der Waals surface area contributed by atoms with Gasteiger partial charge in [-0.2, -0.15) is 10.5 Å². The van der Waals surface area contributed by atoms with Crippen LogP contribution in [0.5, 0.6) is 0 Å². The second-order valence-electron chi connectivity index (χ2n) is 6.64. The Balaban J connectivity index is 1.97. The van der Waals surface area contributed by atoms with Crippen molar-refractivity contribution in [2.24, 2.45) is 0 Å². The van der Waals surface area contributed by atoms with Crippen LogP contribution in [0.3, 0.4) is 0 Å². The fraction of sp³-hybridized carbons (Fsp3) is 0. The molecule has 0 spiro atoms. The molecule has 0 bridgehead atoms. The summed E-state index contributed by atoms with van der Waals surface area (Å²) < 4.78 is 0. The summed E-state index contributed by atoms with van der Waals surface area (Å²) in [5.74, 6) is 0. The van der Waals surface area contributed by atoms with Gasteiger partial charge in [0.05, 0.1) is 26.7 Å². The molecule has 3 nitrogen and oxygen atoms in total. The van der Waals surface area contributed by atoms with Crippen LogP contribution in [0, 0.1) is 22.7 Å². The van der Waals surface area contributed by atoms with Crippen molar-refractivity contribution in [2.45, 2.75) is 19.6 Å². The molecule has 0 saturated carbocycles. The molecule has 0 aliphatic heterocycles. The van der Waals surface area contributed by atoms with E-state index < -0.39 is 0 Å². The second-order valence-corrected chi connectivity index (χ2v) is 9.19. The molecule has 0 aliphatic rings. The molecule has 4 rings (SSSR count). The summed E-state index contributed by atoms with van der Waals surface area (Å²) in [7, 11) is 0. The van der Waals surface area contributed by atoms with Crippen molar-refractivity contribution in [3.63, 3.8) is 0 Å². The highest BCUT2D eigenvalue weighted by molar-refractivity contribution is 8.02. The van der Waals surface area contributed by atoms with Gasteiger partial charge < -0.3 is 5.32 Å². The molecule has 0 aliphatic carbocycles. The molecule has 32 heavy (non-hydrogen) atoms. The third kappa shape index (κ3) is 4.77. The van der Waals surface area contributed by atoms with E-state index in [2.05, 4.69) is 17.5 Å².